The molecule has 2 aromatic carbocycles. The SMILES string of the molecule is Cc1c(C(N)=O)[nH]c2c(-c3ccc(Cl)nc3)cc(C#N)cc12.Cc1c(C(N)=O)[nH]c2c(-c3ccc(F)nc3)cc(C#N)cc12. The van der Waals surface area contributed by atoms with Crippen LogP contribution < -0.4 is 11.5 Å². The van der Waals surface area contributed by atoms with Gasteiger partial charge in [-0.2, -0.15) is 14.9 Å². The van der Waals surface area contributed by atoms with E-state index in [1.54, 1.807) is 56.4 Å². The molecule has 6 aromatic rings. The average molecular weight is 605 g/mol. The second-order valence-corrected chi connectivity index (χ2v) is 10.2. The fraction of sp³-hybridized carbons (Fsp3) is 0.0625. The summed E-state index contributed by atoms with van der Waals surface area (Å²) >= 11 is 5.81. The minimum absolute atomic E-state index is 0.293. The molecule has 4 aromatic heterocycles. The molecule has 0 aliphatic heterocycles. The highest BCUT2D eigenvalue weighted by Gasteiger charge is 2.18. The number of amides is 2. The van der Waals surface area contributed by atoms with Crippen LogP contribution in [0.25, 0.3) is 44.1 Å². The van der Waals surface area contributed by atoms with Gasteiger partial charge in [0.25, 0.3) is 11.8 Å². The molecule has 10 nitrogen and oxygen atoms in total. The first-order valence-electron chi connectivity index (χ1n) is 13.0. The molecule has 0 fully saturated rings. The number of nitrogens with two attached hydrogens (primary N) is 2. The number of carbonyl (C=O) groups excluding carboxylic acids is 2. The van der Waals surface area contributed by atoms with Gasteiger partial charge in [-0.25, -0.2) is 9.97 Å². The molecule has 0 spiro atoms. The molecule has 0 atom stereocenters. The molecule has 0 unspecified atom stereocenters. The topological polar surface area (TPSA) is 191 Å². The van der Waals surface area contributed by atoms with Gasteiger partial charge in [0.15, 0.2) is 0 Å². The zero-order valence-corrected chi connectivity index (χ0v) is 24.0. The summed E-state index contributed by atoms with van der Waals surface area (Å²) in [6.07, 6.45) is 3.00. The number of aromatic nitrogens is 4. The number of rotatable bonds is 4. The third kappa shape index (κ3) is 5.43. The molecular weight excluding hydrogens is 583 g/mol. The standard InChI is InChI=1S/C16H11ClN4O.C16H11FN4O/c2*1-8-11-4-9(6-18)5-12(10-2-3-13(17)20-7-10)15(11)21-14(8)16(19)22/h2*2-5,7,21H,1H3,(H2,19,22). The number of primary amides is 2. The van der Waals surface area contributed by atoms with E-state index in [9.17, 15) is 24.5 Å². The minimum atomic E-state index is -0.586. The van der Waals surface area contributed by atoms with Crippen LogP contribution in [0.2, 0.25) is 5.15 Å². The first-order valence-corrected chi connectivity index (χ1v) is 13.4. The first kappa shape index (κ1) is 29.5. The second-order valence-electron chi connectivity index (χ2n) is 9.83. The van der Waals surface area contributed by atoms with Gasteiger partial charge in [-0.05, 0) is 73.5 Å². The number of pyridine rings is 2. The Morgan fingerprint density at radius 1 is 0.773 bits per heavy atom. The number of H-pyrrole nitrogens is 2. The summed E-state index contributed by atoms with van der Waals surface area (Å²) in [6.45, 7) is 3.55. The van der Waals surface area contributed by atoms with Crippen LogP contribution in [0.4, 0.5) is 4.39 Å². The molecule has 2 amide bonds. The van der Waals surface area contributed by atoms with Gasteiger partial charge in [0.2, 0.25) is 5.95 Å². The fourth-order valence-electron chi connectivity index (χ4n) is 5.00. The van der Waals surface area contributed by atoms with Crippen molar-refractivity contribution in [3.63, 3.8) is 0 Å². The number of aryl methyl sites for hydroxylation is 2. The maximum atomic E-state index is 13.0. The number of nitrogens with one attached hydrogen (secondary N) is 2. The lowest BCUT2D eigenvalue weighted by molar-refractivity contribution is 0.0987. The normalized spacial score (nSPS) is 10.6. The van der Waals surface area contributed by atoms with E-state index in [1.165, 1.54) is 12.3 Å². The Morgan fingerprint density at radius 2 is 1.23 bits per heavy atom. The molecule has 12 heteroatoms. The Balaban J connectivity index is 0.000000175. The Morgan fingerprint density at radius 3 is 1.59 bits per heavy atom. The van der Waals surface area contributed by atoms with E-state index in [0.29, 0.717) is 49.9 Å². The van der Waals surface area contributed by atoms with E-state index in [4.69, 9.17) is 23.1 Å². The van der Waals surface area contributed by atoms with E-state index >= 15 is 0 Å². The summed E-state index contributed by atoms with van der Waals surface area (Å²) in [5.74, 6) is -1.69. The van der Waals surface area contributed by atoms with Crippen molar-refractivity contribution >= 4 is 45.2 Å². The number of benzene rings is 2. The Labute approximate surface area is 254 Å². The first-order chi connectivity index (χ1) is 21.0. The van der Waals surface area contributed by atoms with Gasteiger partial charge in [0, 0.05) is 45.4 Å². The predicted molar refractivity (Wildman–Crippen MR) is 164 cm³/mol. The van der Waals surface area contributed by atoms with Gasteiger partial charge in [0.05, 0.1) is 34.3 Å². The van der Waals surface area contributed by atoms with E-state index in [2.05, 4.69) is 32.1 Å². The predicted octanol–water partition coefficient (Wildman–Crippen LogP) is 5.81. The molecule has 0 bridgehead atoms. The highest BCUT2D eigenvalue weighted by Crippen LogP contribution is 2.34. The molecule has 44 heavy (non-hydrogen) atoms. The van der Waals surface area contributed by atoms with Gasteiger partial charge < -0.3 is 21.4 Å². The van der Waals surface area contributed by atoms with E-state index < -0.39 is 17.8 Å². The third-order valence-corrected chi connectivity index (χ3v) is 7.39. The van der Waals surface area contributed by atoms with Crippen LogP contribution in [-0.4, -0.2) is 31.8 Å². The Hall–Kier alpha value is -6.04. The number of fused-ring (bicyclic) bond motifs is 2. The van der Waals surface area contributed by atoms with Crippen LogP contribution >= 0.6 is 11.6 Å². The van der Waals surface area contributed by atoms with Crippen LogP contribution in [0.15, 0.2) is 60.9 Å². The smallest absolute Gasteiger partial charge is 0.265 e. The van der Waals surface area contributed by atoms with Gasteiger partial charge in [0.1, 0.15) is 16.5 Å². The van der Waals surface area contributed by atoms with Crippen molar-refractivity contribution in [2.45, 2.75) is 13.8 Å². The van der Waals surface area contributed by atoms with Crippen molar-refractivity contribution in [1.82, 2.24) is 19.9 Å². The van der Waals surface area contributed by atoms with Crippen molar-refractivity contribution in [2.24, 2.45) is 11.5 Å². The van der Waals surface area contributed by atoms with Crippen molar-refractivity contribution in [1.29, 1.82) is 10.5 Å². The summed E-state index contributed by atoms with van der Waals surface area (Å²) in [5, 5.41) is 20.3. The van der Waals surface area contributed by atoms with Crippen molar-refractivity contribution in [3.05, 3.63) is 106 Å². The van der Waals surface area contributed by atoms with Crippen LogP contribution in [0, 0.1) is 42.5 Å². The van der Waals surface area contributed by atoms with E-state index in [-0.39, 0.29) is 0 Å². The Kier molecular flexibility index (Phi) is 7.82. The quantitative estimate of drug-likeness (QED) is 0.183. The summed E-state index contributed by atoms with van der Waals surface area (Å²) < 4.78 is 13.0. The summed E-state index contributed by atoms with van der Waals surface area (Å²) in [6, 6.07) is 17.3. The molecule has 0 saturated carbocycles. The highest BCUT2D eigenvalue weighted by atomic mass is 35.5. The van der Waals surface area contributed by atoms with Gasteiger partial charge in [-0.3, -0.25) is 9.59 Å². The number of nitrogens with zero attached hydrogens (tertiary/aromatic N) is 4. The zero-order chi connectivity index (χ0) is 31.7. The molecule has 6 rings (SSSR count). The number of carbonyl (C=O) groups is 2. The van der Waals surface area contributed by atoms with Crippen molar-refractivity contribution in [3.8, 4) is 34.4 Å². The summed E-state index contributed by atoms with van der Waals surface area (Å²) in [7, 11) is 0. The van der Waals surface area contributed by atoms with Crippen LogP contribution in [0.3, 0.4) is 0 Å². The van der Waals surface area contributed by atoms with E-state index in [1.807, 2.05) is 6.07 Å². The molecule has 0 aliphatic rings. The number of nitriles is 2. The largest absolute Gasteiger partial charge is 0.364 e. The van der Waals surface area contributed by atoms with Gasteiger partial charge in [-0.1, -0.05) is 11.6 Å². The fourth-order valence-corrected chi connectivity index (χ4v) is 5.11. The molecule has 4 heterocycles. The third-order valence-electron chi connectivity index (χ3n) is 7.16. The Bertz CT molecular complexity index is 2030. The van der Waals surface area contributed by atoms with Crippen molar-refractivity contribution in [2.75, 3.05) is 0 Å². The van der Waals surface area contributed by atoms with Crippen LogP contribution in [-0.2, 0) is 0 Å². The maximum Gasteiger partial charge on any atom is 0.265 e. The molecule has 0 aliphatic carbocycles. The monoisotopic (exact) mass is 604 g/mol. The van der Waals surface area contributed by atoms with Crippen LogP contribution in [0.5, 0.6) is 0 Å². The lowest BCUT2D eigenvalue weighted by Gasteiger charge is -2.05. The minimum Gasteiger partial charge on any atom is -0.364 e. The molecule has 0 radical (unpaired) electrons. The molecular formula is C32H22ClFN8O2. The molecule has 6 N–H and O–H groups in total. The van der Waals surface area contributed by atoms with Gasteiger partial charge >= 0.3 is 0 Å². The number of halogens is 2. The summed E-state index contributed by atoms with van der Waals surface area (Å²) in [5.41, 5.74) is 18.0. The lowest BCUT2D eigenvalue weighted by atomic mass is 10.00. The molecule has 216 valence electrons. The zero-order valence-electron chi connectivity index (χ0n) is 23.3. The van der Waals surface area contributed by atoms with Crippen molar-refractivity contribution < 1.29 is 14.0 Å². The average Bonchev–Trinajstić information content (AvgIpc) is 3.54. The van der Waals surface area contributed by atoms with Gasteiger partial charge in [-0.15, -0.1) is 0 Å². The number of aromatic amines is 2. The van der Waals surface area contributed by atoms with E-state index in [0.717, 1.165) is 33.0 Å². The highest BCUT2D eigenvalue weighted by molar-refractivity contribution is 6.29. The summed E-state index contributed by atoms with van der Waals surface area (Å²) in [4.78, 5) is 36.8. The molecule has 0 saturated heterocycles. The maximum absolute atomic E-state index is 13.0. The lowest BCUT2D eigenvalue weighted by Crippen LogP contribution is -2.12. The number of hydrogen-bond donors (Lipinski definition) is 4. The van der Waals surface area contributed by atoms with Crippen LogP contribution in [0.1, 0.15) is 43.2 Å². The second kappa shape index (κ2) is 11.7. The number of hydrogen-bond acceptors (Lipinski definition) is 6.